The van der Waals surface area contributed by atoms with Gasteiger partial charge in [0.2, 0.25) is 0 Å². The molecule has 6 heteroatoms. The Hall–Kier alpha value is -1.69. The Balaban J connectivity index is 2.12. The largest absolute Gasteiger partial charge is 0.465 e. The zero-order valence-electron chi connectivity index (χ0n) is 9.19. The molecule has 5 nitrogen and oxygen atoms in total. The standard InChI is InChI=1S/C11H11NO4S/c1-15-11(14)9-7(4-6-17-9)12-10(13)8-3-2-5-16-8/h2-3,5H,4,6H2,1H3,(H,12,13). The van der Waals surface area contributed by atoms with Crippen LogP contribution in [0.15, 0.2) is 33.4 Å². The van der Waals surface area contributed by atoms with Gasteiger partial charge in [-0.3, -0.25) is 4.79 Å². The van der Waals surface area contributed by atoms with E-state index >= 15 is 0 Å². The molecule has 0 saturated carbocycles. The normalized spacial score (nSPS) is 14.9. The van der Waals surface area contributed by atoms with E-state index in [1.807, 2.05) is 0 Å². The first kappa shape index (κ1) is 11.8. The highest BCUT2D eigenvalue weighted by molar-refractivity contribution is 8.04. The maximum absolute atomic E-state index is 11.7. The van der Waals surface area contributed by atoms with Crippen LogP contribution in [-0.2, 0) is 9.53 Å². The molecule has 1 aliphatic heterocycles. The Bertz CT molecular complexity index is 464. The molecule has 1 aromatic heterocycles. The predicted molar refractivity (Wildman–Crippen MR) is 62.3 cm³/mol. The van der Waals surface area contributed by atoms with Gasteiger partial charge in [0.1, 0.15) is 4.91 Å². The summed E-state index contributed by atoms with van der Waals surface area (Å²) in [5.41, 5.74) is 0.600. The third-order valence-corrected chi connectivity index (χ3v) is 3.36. The van der Waals surface area contributed by atoms with E-state index in [1.54, 1.807) is 12.1 Å². The van der Waals surface area contributed by atoms with Crippen LogP contribution in [0.1, 0.15) is 17.0 Å². The van der Waals surface area contributed by atoms with Gasteiger partial charge in [0.25, 0.3) is 5.91 Å². The summed E-state index contributed by atoms with van der Waals surface area (Å²) in [6.07, 6.45) is 2.06. The molecule has 0 aromatic carbocycles. The lowest BCUT2D eigenvalue weighted by Gasteiger charge is -2.05. The predicted octanol–water partition coefficient (Wildman–Crippen LogP) is 1.53. The molecule has 1 aliphatic rings. The van der Waals surface area contributed by atoms with Gasteiger partial charge in [0.15, 0.2) is 5.76 Å². The summed E-state index contributed by atoms with van der Waals surface area (Å²) in [6, 6.07) is 3.20. The summed E-state index contributed by atoms with van der Waals surface area (Å²) in [7, 11) is 1.32. The zero-order chi connectivity index (χ0) is 12.3. The van der Waals surface area contributed by atoms with Crippen molar-refractivity contribution in [3.63, 3.8) is 0 Å². The number of carbonyl (C=O) groups is 2. The maximum atomic E-state index is 11.7. The number of carbonyl (C=O) groups excluding carboxylic acids is 2. The third-order valence-electron chi connectivity index (χ3n) is 2.25. The molecule has 0 spiro atoms. The number of esters is 1. The van der Waals surface area contributed by atoms with E-state index in [9.17, 15) is 9.59 Å². The second-order valence-corrected chi connectivity index (χ2v) is 4.43. The molecule has 1 N–H and O–H groups in total. The molecule has 0 aliphatic carbocycles. The number of methoxy groups -OCH3 is 1. The Kier molecular flexibility index (Phi) is 3.53. The van der Waals surface area contributed by atoms with E-state index in [4.69, 9.17) is 4.42 Å². The van der Waals surface area contributed by atoms with Gasteiger partial charge in [-0.1, -0.05) is 0 Å². The molecule has 0 fully saturated rings. The Labute approximate surface area is 102 Å². The van der Waals surface area contributed by atoms with Crippen molar-refractivity contribution in [1.29, 1.82) is 0 Å². The number of ether oxygens (including phenoxy) is 1. The van der Waals surface area contributed by atoms with Crippen molar-refractivity contribution < 1.29 is 18.7 Å². The van der Waals surface area contributed by atoms with E-state index in [0.29, 0.717) is 17.0 Å². The van der Waals surface area contributed by atoms with Gasteiger partial charge in [-0.2, -0.15) is 0 Å². The average Bonchev–Trinajstić information content (AvgIpc) is 2.98. The zero-order valence-corrected chi connectivity index (χ0v) is 10.0. The molecule has 2 heterocycles. The smallest absolute Gasteiger partial charge is 0.346 e. The number of hydrogen-bond acceptors (Lipinski definition) is 5. The fourth-order valence-corrected chi connectivity index (χ4v) is 2.50. The number of furan rings is 1. The number of allylic oxidation sites excluding steroid dienone is 1. The monoisotopic (exact) mass is 253 g/mol. The van der Waals surface area contributed by atoms with Gasteiger partial charge in [0, 0.05) is 11.4 Å². The fourth-order valence-electron chi connectivity index (χ4n) is 1.46. The van der Waals surface area contributed by atoms with E-state index in [0.717, 1.165) is 5.75 Å². The molecule has 1 amide bonds. The van der Waals surface area contributed by atoms with Gasteiger partial charge in [-0.25, -0.2) is 4.79 Å². The van der Waals surface area contributed by atoms with Crippen molar-refractivity contribution in [2.45, 2.75) is 6.42 Å². The van der Waals surface area contributed by atoms with Crippen molar-refractivity contribution in [2.75, 3.05) is 12.9 Å². The number of rotatable bonds is 3. The van der Waals surface area contributed by atoms with Gasteiger partial charge in [-0.15, -0.1) is 11.8 Å². The number of nitrogens with one attached hydrogen (secondary N) is 1. The minimum absolute atomic E-state index is 0.221. The second-order valence-electron chi connectivity index (χ2n) is 3.33. The third kappa shape index (κ3) is 2.52. The topological polar surface area (TPSA) is 68.5 Å². The van der Waals surface area contributed by atoms with Gasteiger partial charge < -0.3 is 14.5 Å². The van der Waals surface area contributed by atoms with Crippen LogP contribution >= 0.6 is 11.8 Å². The molecule has 0 unspecified atom stereocenters. The molecule has 17 heavy (non-hydrogen) atoms. The number of amides is 1. The van der Waals surface area contributed by atoms with Gasteiger partial charge in [0.05, 0.1) is 13.4 Å². The number of hydrogen-bond donors (Lipinski definition) is 1. The van der Waals surface area contributed by atoms with Crippen molar-refractivity contribution >= 4 is 23.6 Å². The van der Waals surface area contributed by atoms with Crippen LogP contribution in [0.25, 0.3) is 0 Å². The fraction of sp³-hybridized carbons (Fsp3) is 0.273. The lowest BCUT2D eigenvalue weighted by atomic mass is 10.3. The van der Waals surface area contributed by atoms with E-state index < -0.39 is 5.97 Å². The first-order chi connectivity index (χ1) is 8.22. The quantitative estimate of drug-likeness (QED) is 0.827. The van der Waals surface area contributed by atoms with Crippen molar-refractivity contribution in [2.24, 2.45) is 0 Å². The summed E-state index contributed by atoms with van der Waals surface area (Å²) >= 11 is 1.38. The highest BCUT2D eigenvalue weighted by Gasteiger charge is 2.24. The molecular weight excluding hydrogens is 242 g/mol. The second kappa shape index (κ2) is 5.09. The summed E-state index contributed by atoms with van der Waals surface area (Å²) < 4.78 is 9.61. The molecule has 0 saturated heterocycles. The summed E-state index contributed by atoms with van der Waals surface area (Å²) in [4.78, 5) is 23.6. The summed E-state index contributed by atoms with van der Waals surface area (Å²) in [6.45, 7) is 0. The van der Waals surface area contributed by atoms with Crippen LogP contribution < -0.4 is 5.32 Å². The molecule has 0 radical (unpaired) electrons. The lowest BCUT2D eigenvalue weighted by Crippen LogP contribution is -2.23. The lowest BCUT2D eigenvalue weighted by molar-refractivity contribution is -0.135. The average molecular weight is 253 g/mol. The van der Waals surface area contributed by atoms with Gasteiger partial charge >= 0.3 is 5.97 Å². The van der Waals surface area contributed by atoms with Crippen LogP contribution in [-0.4, -0.2) is 24.7 Å². The summed E-state index contributed by atoms with van der Waals surface area (Å²) in [5.74, 6) is 0.216. The van der Waals surface area contributed by atoms with E-state index in [-0.39, 0.29) is 11.7 Å². The highest BCUT2D eigenvalue weighted by atomic mass is 32.2. The molecule has 90 valence electrons. The molecular formula is C11H11NO4S. The Morgan fingerprint density at radius 1 is 1.53 bits per heavy atom. The summed E-state index contributed by atoms with van der Waals surface area (Å²) in [5, 5.41) is 2.67. The number of thioether (sulfide) groups is 1. The Morgan fingerprint density at radius 3 is 3.00 bits per heavy atom. The van der Waals surface area contributed by atoms with Crippen LogP contribution in [0.2, 0.25) is 0 Å². The SMILES string of the molecule is COC(=O)C1=C(NC(=O)c2ccco2)CCS1. The van der Waals surface area contributed by atoms with Crippen LogP contribution in [0.5, 0.6) is 0 Å². The highest BCUT2D eigenvalue weighted by Crippen LogP contribution is 2.30. The van der Waals surface area contributed by atoms with Crippen LogP contribution in [0.4, 0.5) is 0 Å². The first-order valence-electron chi connectivity index (χ1n) is 5.01. The molecule has 0 atom stereocenters. The van der Waals surface area contributed by atoms with E-state index in [1.165, 1.54) is 25.1 Å². The van der Waals surface area contributed by atoms with Crippen molar-refractivity contribution in [1.82, 2.24) is 5.32 Å². The molecule has 2 rings (SSSR count). The van der Waals surface area contributed by atoms with Crippen molar-refractivity contribution in [3.8, 4) is 0 Å². The van der Waals surface area contributed by atoms with Crippen LogP contribution in [0, 0.1) is 0 Å². The first-order valence-corrected chi connectivity index (χ1v) is 6.00. The molecule has 1 aromatic rings. The Morgan fingerprint density at radius 2 is 2.35 bits per heavy atom. The van der Waals surface area contributed by atoms with Crippen molar-refractivity contribution in [3.05, 3.63) is 34.8 Å². The minimum Gasteiger partial charge on any atom is -0.465 e. The minimum atomic E-state index is -0.415. The maximum Gasteiger partial charge on any atom is 0.346 e. The van der Waals surface area contributed by atoms with Crippen LogP contribution in [0.3, 0.4) is 0 Å². The molecule has 0 bridgehead atoms. The van der Waals surface area contributed by atoms with Gasteiger partial charge in [-0.05, 0) is 18.6 Å². The van der Waals surface area contributed by atoms with E-state index in [2.05, 4.69) is 10.1 Å².